The summed E-state index contributed by atoms with van der Waals surface area (Å²) in [6.45, 7) is 8.34. The predicted octanol–water partition coefficient (Wildman–Crippen LogP) is 1.76. The van der Waals surface area contributed by atoms with Gasteiger partial charge in [0.05, 0.1) is 12.7 Å². The molecule has 2 saturated heterocycles. The lowest BCUT2D eigenvalue weighted by Gasteiger charge is -2.45. The van der Waals surface area contributed by atoms with Crippen molar-refractivity contribution in [1.82, 2.24) is 0 Å². The normalized spacial score (nSPS) is 42.1. The number of ether oxygens (including phenoxy) is 2. The Kier molecular flexibility index (Phi) is 2.62. The van der Waals surface area contributed by atoms with Crippen LogP contribution in [0.25, 0.3) is 0 Å². The maximum atomic E-state index is 5.70. The van der Waals surface area contributed by atoms with Crippen molar-refractivity contribution in [2.24, 2.45) is 0 Å². The van der Waals surface area contributed by atoms with Gasteiger partial charge < -0.3 is 9.47 Å². The molecule has 3 atom stereocenters. The Labute approximate surface area is 83.7 Å². The van der Waals surface area contributed by atoms with E-state index in [9.17, 15) is 0 Å². The van der Waals surface area contributed by atoms with Crippen LogP contribution in [-0.4, -0.2) is 24.8 Å². The van der Waals surface area contributed by atoms with Gasteiger partial charge in [0.15, 0.2) is 0 Å². The molecule has 2 bridgehead atoms. The van der Waals surface area contributed by atoms with Crippen molar-refractivity contribution in [3.8, 4) is 0 Å². The van der Waals surface area contributed by atoms with E-state index in [0.29, 0.717) is 13.0 Å². The first-order valence-electron chi connectivity index (χ1n) is 4.98. The molecule has 0 radical (unpaired) electrons. The van der Waals surface area contributed by atoms with Crippen LogP contribution in [-0.2, 0) is 19.2 Å². The number of rotatable bonds is 2. The molecule has 2 fully saturated rings. The summed E-state index contributed by atoms with van der Waals surface area (Å²) in [4.78, 5) is 10.4. The fourth-order valence-corrected chi connectivity index (χ4v) is 1.74. The second-order valence-corrected chi connectivity index (χ2v) is 3.78. The average molecular weight is 200 g/mol. The lowest BCUT2D eigenvalue weighted by Crippen LogP contribution is -2.56. The smallest absolute Gasteiger partial charge is 0.312 e. The van der Waals surface area contributed by atoms with Gasteiger partial charge in [-0.25, -0.2) is 4.89 Å². The molecule has 0 aliphatic carbocycles. The second-order valence-electron chi connectivity index (χ2n) is 3.78. The molecule has 0 amide bonds. The first-order chi connectivity index (χ1) is 6.67. The first kappa shape index (κ1) is 10.1. The Morgan fingerprint density at radius 3 is 3.00 bits per heavy atom. The molecule has 4 nitrogen and oxygen atoms in total. The largest absolute Gasteiger partial charge is 0.326 e. The van der Waals surface area contributed by atoms with Gasteiger partial charge in [-0.2, -0.15) is 4.89 Å². The molecular formula is C10H16O4. The molecule has 0 spiro atoms. The van der Waals surface area contributed by atoms with Gasteiger partial charge in [0.1, 0.15) is 6.10 Å². The van der Waals surface area contributed by atoms with Crippen molar-refractivity contribution in [2.45, 2.75) is 44.9 Å². The van der Waals surface area contributed by atoms with E-state index < -0.39 is 5.97 Å². The first-order valence-corrected chi connectivity index (χ1v) is 4.98. The van der Waals surface area contributed by atoms with Crippen LogP contribution >= 0.6 is 0 Å². The van der Waals surface area contributed by atoms with Crippen LogP contribution in [0.1, 0.15) is 26.7 Å². The van der Waals surface area contributed by atoms with E-state index in [2.05, 4.69) is 6.58 Å². The van der Waals surface area contributed by atoms with Crippen LogP contribution < -0.4 is 0 Å². The zero-order valence-electron chi connectivity index (χ0n) is 8.62. The summed E-state index contributed by atoms with van der Waals surface area (Å²) in [5.41, 5.74) is 0.918. The van der Waals surface area contributed by atoms with Gasteiger partial charge in [-0.3, -0.25) is 0 Å². The molecule has 2 aliphatic heterocycles. The van der Waals surface area contributed by atoms with Gasteiger partial charge in [-0.05, 0) is 12.5 Å². The van der Waals surface area contributed by atoms with E-state index in [1.165, 1.54) is 0 Å². The van der Waals surface area contributed by atoms with Crippen molar-refractivity contribution < 1.29 is 19.2 Å². The number of hydrogen-bond donors (Lipinski definition) is 0. The van der Waals surface area contributed by atoms with Crippen LogP contribution in [0.3, 0.4) is 0 Å². The van der Waals surface area contributed by atoms with Crippen molar-refractivity contribution in [3.63, 3.8) is 0 Å². The minimum absolute atomic E-state index is 0.00921. The van der Waals surface area contributed by atoms with Crippen LogP contribution in [0.15, 0.2) is 12.2 Å². The maximum Gasteiger partial charge on any atom is 0.312 e. The van der Waals surface area contributed by atoms with Crippen LogP contribution in [0.5, 0.6) is 0 Å². The lowest BCUT2D eigenvalue weighted by molar-refractivity contribution is -0.575. The van der Waals surface area contributed by atoms with E-state index in [1.54, 1.807) is 0 Å². The van der Waals surface area contributed by atoms with Crippen molar-refractivity contribution in [3.05, 3.63) is 12.2 Å². The highest BCUT2D eigenvalue weighted by molar-refractivity contribution is 5.03. The summed E-state index contributed by atoms with van der Waals surface area (Å²) in [6.07, 6.45) is 1.28. The summed E-state index contributed by atoms with van der Waals surface area (Å²) in [6, 6.07) is 0. The van der Waals surface area contributed by atoms with E-state index in [0.717, 1.165) is 12.0 Å². The number of fused-ring (bicyclic) bond motifs is 2. The summed E-state index contributed by atoms with van der Waals surface area (Å²) >= 11 is 0. The van der Waals surface area contributed by atoms with Crippen LogP contribution in [0.2, 0.25) is 0 Å². The molecule has 2 rings (SSSR count). The highest BCUT2D eigenvalue weighted by atomic mass is 17.3. The third-order valence-corrected chi connectivity index (χ3v) is 2.59. The van der Waals surface area contributed by atoms with Crippen molar-refractivity contribution >= 4 is 0 Å². The Hall–Kier alpha value is -0.420. The molecule has 4 heteroatoms. The Morgan fingerprint density at radius 2 is 2.36 bits per heavy atom. The lowest BCUT2D eigenvalue weighted by atomic mass is 10.0. The second kappa shape index (κ2) is 3.62. The molecular weight excluding hydrogens is 184 g/mol. The van der Waals surface area contributed by atoms with E-state index >= 15 is 0 Å². The average Bonchev–Trinajstić information content (AvgIpc) is 2.18. The van der Waals surface area contributed by atoms with Gasteiger partial charge >= 0.3 is 5.97 Å². The summed E-state index contributed by atoms with van der Waals surface area (Å²) in [7, 11) is 0. The molecule has 0 aromatic rings. The third-order valence-electron chi connectivity index (χ3n) is 2.59. The van der Waals surface area contributed by atoms with Gasteiger partial charge in [0.2, 0.25) is 0 Å². The monoisotopic (exact) mass is 200 g/mol. The van der Waals surface area contributed by atoms with E-state index in [1.807, 2.05) is 13.8 Å². The Bertz CT molecular complexity index is 240. The van der Waals surface area contributed by atoms with E-state index in [-0.39, 0.29) is 12.2 Å². The van der Waals surface area contributed by atoms with Crippen molar-refractivity contribution in [1.29, 1.82) is 0 Å². The fourth-order valence-electron chi connectivity index (χ4n) is 1.74. The highest BCUT2D eigenvalue weighted by Crippen LogP contribution is 2.36. The summed E-state index contributed by atoms with van der Waals surface area (Å²) in [5.74, 6) is -0.977. The minimum Gasteiger partial charge on any atom is -0.326 e. The SMILES string of the molecule is C=C(C)[C@H]1OO[C@@]2(CC)OCC[C@H]1O2. The standard InChI is InChI=1S/C10H16O4/c1-4-10-11-6-5-8(12-10)9(7(2)3)13-14-10/h8-9H,2,4-6H2,1,3H3/t8-,9-,10+/m1/s1. The molecule has 14 heavy (non-hydrogen) atoms. The fraction of sp³-hybridized carbons (Fsp3) is 0.800. The van der Waals surface area contributed by atoms with E-state index in [4.69, 9.17) is 19.2 Å². The topological polar surface area (TPSA) is 36.9 Å². The van der Waals surface area contributed by atoms with Gasteiger partial charge in [-0.1, -0.05) is 13.5 Å². The molecule has 2 heterocycles. The maximum absolute atomic E-state index is 5.70. The Morgan fingerprint density at radius 1 is 1.57 bits per heavy atom. The zero-order chi connectivity index (χ0) is 10.2. The molecule has 0 saturated carbocycles. The Balaban J connectivity index is 2.11. The molecule has 2 aliphatic rings. The molecule has 80 valence electrons. The number of hydrogen-bond acceptors (Lipinski definition) is 4. The molecule has 0 aromatic heterocycles. The van der Waals surface area contributed by atoms with Crippen LogP contribution in [0, 0.1) is 0 Å². The van der Waals surface area contributed by atoms with Gasteiger partial charge in [0, 0.05) is 12.8 Å². The van der Waals surface area contributed by atoms with Gasteiger partial charge in [0.25, 0.3) is 0 Å². The summed E-state index contributed by atoms with van der Waals surface area (Å²) in [5, 5.41) is 0. The zero-order valence-corrected chi connectivity index (χ0v) is 8.62. The highest BCUT2D eigenvalue weighted by Gasteiger charge is 2.48. The van der Waals surface area contributed by atoms with Crippen LogP contribution in [0.4, 0.5) is 0 Å². The quantitative estimate of drug-likeness (QED) is 0.503. The minimum atomic E-state index is -0.977. The predicted molar refractivity (Wildman–Crippen MR) is 49.2 cm³/mol. The molecule has 0 N–H and O–H groups in total. The summed E-state index contributed by atoms with van der Waals surface area (Å²) < 4.78 is 11.1. The molecule has 0 unspecified atom stereocenters. The van der Waals surface area contributed by atoms with Gasteiger partial charge in [-0.15, -0.1) is 0 Å². The van der Waals surface area contributed by atoms with Crippen molar-refractivity contribution in [2.75, 3.05) is 6.61 Å². The molecule has 0 aromatic carbocycles. The third kappa shape index (κ3) is 1.59.